The van der Waals surface area contributed by atoms with Gasteiger partial charge in [0.1, 0.15) is 0 Å². The maximum absolute atomic E-state index is 5.73. The summed E-state index contributed by atoms with van der Waals surface area (Å²) in [4.78, 5) is 0. The predicted molar refractivity (Wildman–Crippen MR) is 73.9 cm³/mol. The van der Waals surface area contributed by atoms with Crippen molar-refractivity contribution >= 4 is 0 Å². The first-order valence-electron chi connectivity index (χ1n) is 6.61. The Morgan fingerprint density at radius 1 is 1.24 bits per heavy atom. The van der Waals surface area contributed by atoms with Gasteiger partial charge in [-0.25, -0.2) is 0 Å². The van der Waals surface area contributed by atoms with Gasteiger partial charge in [0.15, 0.2) is 0 Å². The van der Waals surface area contributed by atoms with Gasteiger partial charge in [0, 0.05) is 0 Å². The lowest BCUT2D eigenvalue weighted by Gasteiger charge is -2.12. The van der Waals surface area contributed by atoms with Crippen molar-refractivity contribution in [2.24, 2.45) is 5.92 Å². The second kappa shape index (κ2) is 9.00. The van der Waals surface area contributed by atoms with Crippen LogP contribution in [0.5, 0.6) is 0 Å². The molecule has 0 fully saturated rings. The van der Waals surface area contributed by atoms with Crippen molar-refractivity contribution in [3.8, 4) is 0 Å². The third kappa shape index (κ3) is 6.28. The van der Waals surface area contributed by atoms with E-state index in [-0.39, 0.29) is 0 Å². The van der Waals surface area contributed by atoms with Crippen molar-refractivity contribution in [3.63, 3.8) is 0 Å². The average molecular weight is 232 g/mol. The molecule has 0 radical (unpaired) electrons. The van der Waals surface area contributed by atoms with Gasteiger partial charge in [-0.3, -0.25) is 0 Å². The van der Waals surface area contributed by atoms with Crippen LogP contribution in [0.15, 0.2) is 43.0 Å². The molecule has 1 nitrogen and oxygen atoms in total. The van der Waals surface area contributed by atoms with Crippen LogP contribution in [0.25, 0.3) is 0 Å². The maximum atomic E-state index is 5.73. The van der Waals surface area contributed by atoms with E-state index in [1.165, 1.54) is 31.2 Å². The van der Waals surface area contributed by atoms with E-state index >= 15 is 0 Å². The molecule has 0 amide bonds. The Kier molecular flexibility index (Phi) is 7.40. The molecule has 0 aliphatic heterocycles. The third-order valence-electron chi connectivity index (χ3n) is 2.96. The summed E-state index contributed by atoms with van der Waals surface area (Å²) in [6.07, 6.45) is 7.09. The molecule has 0 heterocycles. The number of hydrogen-bond donors (Lipinski definition) is 0. The largest absolute Gasteiger partial charge is 0.376 e. The van der Waals surface area contributed by atoms with Crippen LogP contribution in [0.2, 0.25) is 0 Å². The van der Waals surface area contributed by atoms with E-state index in [1.54, 1.807) is 0 Å². The molecule has 0 bridgehead atoms. The van der Waals surface area contributed by atoms with Crippen LogP contribution in [0.4, 0.5) is 0 Å². The minimum Gasteiger partial charge on any atom is -0.376 e. The van der Waals surface area contributed by atoms with Crippen molar-refractivity contribution in [2.45, 2.75) is 39.2 Å². The highest BCUT2D eigenvalue weighted by molar-refractivity contribution is 5.13. The summed E-state index contributed by atoms with van der Waals surface area (Å²) in [7, 11) is 0. The summed E-state index contributed by atoms with van der Waals surface area (Å²) in [5.74, 6) is 0.505. The fourth-order valence-electron chi connectivity index (χ4n) is 1.83. The summed E-state index contributed by atoms with van der Waals surface area (Å²) in [5.41, 5.74) is 1.24. The second-order valence-corrected chi connectivity index (χ2v) is 4.49. The molecule has 0 saturated heterocycles. The van der Waals surface area contributed by atoms with Crippen molar-refractivity contribution in [1.82, 2.24) is 0 Å². The monoisotopic (exact) mass is 232 g/mol. The zero-order valence-electron chi connectivity index (χ0n) is 10.9. The molecule has 0 unspecified atom stereocenters. The molecule has 1 aromatic carbocycles. The Bertz CT molecular complexity index is 292. The first kappa shape index (κ1) is 14.0. The number of benzene rings is 1. The lowest BCUT2D eigenvalue weighted by Crippen LogP contribution is -2.07. The van der Waals surface area contributed by atoms with Crippen molar-refractivity contribution in [1.29, 1.82) is 0 Å². The van der Waals surface area contributed by atoms with E-state index < -0.39 is 0 Å². The molecule has 0 spiro atoms. The van der Waals surface area contributed by atoms with Gasteiger partial charge in [-0.05, 0) is 17.9 Å². The topological polar surface area (TPSA) is 9.23 Å². The molecule has 17 heavy (non-hydrogen) atoms. The van der Waals surface area contributed by atoms with Crippen LogP contribution in [-0.2, 0) is 11.3 Å². The quantitative estimate of drug-likeness (QED) is 0.447. The van der Waals surface area contributed by atoms with Gasteiger partial charge in [0.2, 0.25) is 0 Å². The van der Waals surface area contributed by atoms with Gasteiger partial charge >= 0.3 is 0 Å². The van der Waals surface area contributed by atoms with Crippen LogP contribution >= 0.6 is 0 Å². The van der Waals surface area contributed by atoms with Crippen molar-refractivity contribution < 1.29 is 4.74 Å². The maximum Gasteiger partial charge on any atom is 0.0717 e. The van der Waals surface area contributed by atoms with E-state index in [0.717, 1.165) is 6.61 Å². The summed E-state index contributed by atoms with van der Waals surface area (Å²) in [6.45, 7) is 7.62. The Morgan fingerprint density at radius 2 is 2.00 bits per heavy atom. The fourth-order valence-corrected chi connectivity index (χ4v) is 1.83. The Morgan fingerprint density at radius 3 is 2.65 bits per heavy atom. The Labute approximate surface area is 106 Å². The minimum absolute atomic E-state index is 0.505. The van der Waals surface area contributed by atoms with E-state index in [1.807, 2.05) is 24.3 Å². The summed E-state index contributed by atoms with van der Waals surface area (Å²) >= 11 is 0. The Balaban J connectivity index is 2.17. The standard InChI is InChI=1S/C16H24O/c1-3-5-7-10-15(4-2)13-17-14-16-11-8-6-9-12-16/h4,6,8-9,11-12,15H,2-3,5,7,10,13-14H2,1H3/t15-/m0/s1. The minimum atomic E-state index is 0.505. The van der Waals surface area contributed by atoms with Crippen molar-refractivity contribution in [3.05, 3.63) is 48.6 Å². The molecule has 0 aromatic heterocycles. The summed E-state index contributed by atoms with van der Waals surface area (Å²) < 4.78 is 5.73. The zero-order valence-corrected chi connectivity index (χ0v) is 10.9. The van der Waals surface area contributed by atoms with E-state index in [2.05, 4.69) is 25.6 Å². The molecule has 0 N–H and O–H groups in total. The van der Waals surface area contributed by atoms with Gasteiger partial charge in [-0.15, -0.1) is 6.58 Å². The van der Waals surface area contributed by atoms with E-state index in [4.69, 9.17) is 4.74 Å². The van der Waals surface area contributed by atoms with Crippen LogP contribution < -0.4 is 0 Å². The number of unbranched alkanes of at least 4 members (excludes halogenated alkanes) is 2. The highest BCUT2D eigenvalue weighted by Gasteiger charge is 2.04. The fraction of sp³-hybridized carbons (Fsp3) is 0.500. The van der Waals surface area contributed by atoms with Crippen LogP contribution in [0.1, 0.15) is 38.2 Å². The van der Waals surface area contributed by atoms with E-state index in [0.29, 0.717) is 12.5 Å². The molecule has 1 rings (SSSR count). The molecule has 1 heteroatoms. The molecular weight excluding hydrogens is 208 g/mol. The van der Waals surface area contributed by atoms with Crippen LogP contribution in [0.3, 0.4) is 0 Å². The number of ether oxygens (including phenoxy) is 1. The highest BCUT2D eigenvalue weighted by atomic mass is 16.5. The third-order valence-corrected chi connectivity index (χ3v) is 2.96. The summed E-state index contributed by atoms with van der Waals surface area (Å²) in [6, 6.07) is 10.3. The zero-order chi connectivity index (χ0) is 12.3. The molecule has 0 saturated carbocycles. The van der Waals surface area contributed by atoms with E-state index in [9.17, 15) is 0 Å². The molecular formula is C16H24O. The number of rotatable bonds is 9. The normalized spacial score (nSPS) is 12.3. The van der Waals surface area contributed by atoms with Crippen molar-refractivity contribution in [2.75, 3.05) is 6.61 Å². The van der Waals surface area contributed by atoms with Gasteiger partial charge in [-0.2, -0.15) is 0 Å². The Hall–Kier alpha value is -1.08. The number of hydrogen-bond acceptors (Lipinski definition) is 1. The predicted octanol–water partition coefficient (Wildman–Crippen LogP) is 4.59. The second-order valence-electron chi connectivity index (χ2n) is 4.49. The lowest BCUT2D eigenvalue weighted by molar-refractivity contribution is 0.0966. The van der Waals surface area contributed by atoms with Crippen LogP contribution in [0, 0.1) is 5.92 Å². The lowest BCUT2D eigenvalue weighted by atomic mass is 10.0. The molecule has 94 valence electrons. The average Bonchev–Trinajstić information content (AvgIpc) is 2.38. The SMILES string of the molecule is C=C[C@@H](CCCCC)COCc1ccccc1. The smallest absolute Gasteiger partial charge is 0.0717 e. The first-order chi connectivity index (χ1) is 8.36. The van der Waals surface area contributed by atoms with Gasteiger partial charge in [-0.1, -0.05) is 62.6 Å². The molecule has 1 atom stereocenters. The first-order valence-corrected chi connectivity index (χ1v) is 6.61. The van der Waals surface area contributed by atoms with Gasteiger partial charge in [0.05, 0.1) is 13.2 Å². The molecule has 1 aromatic rings. The van der Waals surface area contributed by atoms with Crippen LogP contribution in [-0.4, -0.2) is 6.61 Å². The highest BCUT2D eigenvalue weighted by Crippen LogP contribution is 2.12. The van der Waals surface area contributed by atoms with Gasteiger partial charge < -0.3 is 4.74 Å². The summed E-state index contributed by atoms with van der Waals surface area (Å²) in [5, 5.41) is 0. The van der Waals surface area contributed by atoms with Gasteiger partial charge in [0.25, 0.3) is 0 Å². The molecule has 0 aliphatic carbocycles. The molecule has 0 aliphatic rings.